The first-order valence-corrected chi connectivity index (χ1v) is 8.10. The number of carbonyl (C=O) groups is 1. The molecule has 0 aromatic carbocycles. The summed E-state index contributed by atoms with van der Waals surface area (Å²) in [5.74, 6) is 0.790. The zero-order valence-corrected chi connectivity index (χ0v) is 14.8. The van der Waals surface area contributed by atoms with Crippen LogP contribution in [0.3, 0.4) is 0 Å². The van der Waals surface area contributed by atoms with E-state index in [1.807, 2.05) is 0 Å². The van der Waals surface area contributed by atoms with Crippen molar-refractivity contribution in [1.82, 2.24) is 15.1 Å². The molecule has 0 spiro atoms. The van der Waals surface area contributed by atoms with Crippen LogP contribution in [0.5, 0.6) is 0 Å². The first kappa shape index (κ1) is 18.7. The summed E-state index contributed by atoms with van der Waals surface area (Å²) in [6, 6.07) is 0.589. The normalized spacial score (nSPS) is 25.5. The van der Waals surface area contributed by atoms with Crippen LogP contribution < -0.4 is 5.32 Å². The van der Waals surface area contributed by atoms with E-state index in [0.29, 0.717) is 24.3 Å². The van der Waals surface area contributed by atoms with E-state index in [2.05, 4.69) is 42.8 Å². The van der Waals surface area contributed by atoms with Gasteiger partial charge in [0.2, 0.25) is 5.91 Å². The SMILES string of the molecule is CC(CC(=O)N1CCC(N2CCNCC2)C1)C(C)(C)C.Cl. The Morgan fingerprint density at radius 2 is 1.86 bits per heavy atom. The number of nitrogens with one attached hydrogen (secondary N) is 1. The number of carbonyl (C=O) groups excluding carboxylic acids is 1. The van der Waals surface area contributed by atoms with Crippen LogP contribution in [0.25, 0.3) is 0 Å². The van der Waals surface area contributed by atoms with Crippen molar-refractivity contribution in [3.63, 3.8) is 0 Å². The molecule has 0 aromatic heterocycles. The lowest BCUT2D eigenvalue weighted by molar-refractivity contribution is -0.132. The highest BCUT2D eigenvalue weighted by Crippen LogP contribution is 2.29. The molecule has 0 aromatic rings. The number of amides is 1. The first-order chi connectivity index (χ1) is 9.38. The predicted octanol–water partition coefficient (Wildman–Crippen LogP) is 1.99. The highest BCUT2D eigenvalue weighted by atomic mass is 35.5. The molecule has 2 saturated heterocycles. The predicted molar refractivity (Wildman–Crippen MR) is 89.9 cm³/mol. The summed E-state index contributed by atoms with van der Waals surface area (Å²) >= 11 is 0. The Morgan fingerprint density at radius 1 is 1.24 bits per heavy atom. The van der Waals surface area contributed by atoms with Crippen LogP contribution >= 0.6 is 12.4 Å². The molecule has 2 aliphatic rings. The summed E-state index contributed by atoms with van der Waals surface area (Å²) in [6.07, 6.45) is 1.84. The van der Waals surface area contributed by atoms with E-state index in [1.54, 1.807) is 0 Å². The second kappa shape index (κ2) is 7.80. The van der Waals surface area contributed by atoms with Crippen LogP contribution in [0.2, 0.25) is 0 Å². The molecular weight excluding hydrogens is 286 g/mol. The lowest BCUT2D eigenvalue weighted by Crippen LogP contribution is -2.49. The Hall–Kier alpha value is -0.320. The molecule has 1 N–H and O–H groups in total. The highest BCUT2D eigenvalue weighted by molar-refractivity contribution is 5.85. The van der Waals surface area contributed by atoms with E-state index < -0.39 is 0 Å². The Labute approximate surface area is 136 Å². The van der Waals surface area contributed by atoms with Gasteiger partial charge in [0.05, 0.1) is 0 Å². The van der Waals surface area contributed by atoms with Gasteiger partial charge in [-0.2, -0.15) is 0 Å². The molecule has 5 heteroatoms. The summed E-state index contributed by atoms with van der Waals surface area (Å²) in [6.45, 7) is 15.2. The molecule has 4 nitrogen and oxygen atoms in total. The summed E-state index contributed by atoms with van der Waals surface area (Å²) in [4.78, 5) is 17.1. The average molecular weight is 318 g/mol. The Balaban J connectivity index is 0.00000220. The largest absolute Gasteiger partial charge is 0.341 e. The molecule has 0 bridgehead atoms. The van der Waals surface area contributed by atoms with E-state index in [0.717, 1.165) is 45.7 Å². The Kier molecular flexibility index (Phi) is 6.95. The van der Waals surface area contributed by atoms with Crippen LogP contribution in [0.4, 0.5) is 0 Å². The fourth-order valence-corrected chi connectivity index (χ4v) is 3.01. The molecule has 2 heterocycles. The maximum Gasteiger partial charge on any atom is 0.222 e. The minimum atomic E-state index is 0. The molecule has 2 atom stereocenters. The van der Waals surface area contributed by atoms with Crippen LogP contribution in [-0.4, -0.2) is 61.0 Å². The lowest BCUT2D eigenvalue weighted by atomic mass is 9.80. The van der Waals surface area contributed by atoms with E-state index in [4.69, 9.17) is 0 Å². The smallest absolute Gasteiger partial charge is 0.222 e. The maximum absolute atomic E-state index is 12.4. The van der Waals surface area contributed by atoms with Crippen molar-refractivity contribution < 1.29 is 4.79 Å². The summed E-state index contributed by atoms with van der Waals surface area (Å²) in [5.41, 5.74) is 0.216. The van der Waals surface area contributed by atoms with Gasteiger partial charge in [0.25, 0.3) is 0 Å². The third kappa shape index (κ3) is 5.11. The zero-order valence-electron chi connectivity index (χ0n) is 14.0. The van der Waals surface area contributed by atoms with Gasteiger partial charge in [0.15, 0.2) is 0 Å². The number of halogens is 1. The van der Waals surface area contributed by atoms with E-state index in [-0.39, 0.29) is 17.8 Å². The Bertz CT molecular complexity index is 337. The van der Waals surface area contributed by atoms with E-state index >= 15 is 0 Å². The fourth-order valence-electron chi connectivity index (χ4n) is 3.01. The van der Waals surface area contributed by atoms with Crippen LogP contribution in [0.15, 0.2) is 0 Å². The first-order valence-electron chi connectivity index (χ1n) is 8.10. The van der Waals surface area contributed by atoms with Crippen LogP contribution in [0, 0.1) is 11.3 Å². The van der Waals surface area contributed by atoms with Crippen molar-refractivity contribution in [1.29, 1.82) is 0 Å². The van der Waals surface area contributed by atoms with Crippen molar-refractivity contribution in [3.05, 3.63) is 0 Å². The van der Waals surface area contributed by atoms with Gasteiger partial charge in [0.1, 0.15) is 0 Å². The summed E-state index contributed by atoms with van der Waals surface area (Å²) in [7, 11) is 0. The Morgan fingerprint density at radius 3 is 2.43 bits per heavy atom. The molecule has 0 saturated carbocycles. The van der Waals surface area contributed by atoms with Gasteiger partial charge in [-0.3, -0.25) is 9.69 Å². The number of piperazine rings is 1. The third-order valence-electron chi connectivity index (χ3n) is 5.14. The van der Waals surface area contributed by atoms with E-state index in [1.165, 1.54) is 0 Å². The second-order valence-electron chi connectivity index (χ2n) is 7.54. The second-order valence-corrected chi connectivity index (χ2v) is 7.54. The van der Waals surface area contributed by atoms with Crippen LogP contribution in [-0.2, 0) is 4.79 Å². The van der Waals surface area contributed by atoms with Crippen LogP contribution in [0.1, 0.15) is 40.5 Å². The third-order valence-corrected chi connectivity index (χ3v) is 5.14. The van der Waals surface area contributed by atoms with Gasteiger partial charge in [0, 0.05) is 51.7 Å². The standard InChI is InChI=1S/C16H31N3O.ClH/c1-13(16(2,3)4)11-15(20)19-8-5-14(12-19)18-9-6-17-7-10-18;/h13-14,17H,5-12H2,1-4H3;1H. The maximum atomic E-state index is 12.4. The van der Waals surface area contributed by atoms with Gasteiger partial charge < -0.3 is 10.2 Å². The molecule has 0 aliphatic carbocycles. The van der Waals surface area contributed by atoms with Crippen molar-refractivity contribution in [2.45, 2.75) is 46.6 Å². The number of hydrogen-bond acceptors (Lipinski definition) is 3. The molecule has 2 unspecified atom stereocenters. The highest BCUT2D eigenvalue weighted by Gasteiger charge is 2.32. The number of hydrogen-bond donors (Lipinski definition) is 1. The minimum absolute atomic E-state index is 0. The molecule has 0 radical (unpaired) electrons. The molecule has 124 valence electrons. The molecule has 2 aliphatic heterocycles. The monoisotopic (exact) mass is 317 g/mol. The number of rotatable bonds is 3. The molecular formula is C16H32ClN3O. The van der Waals surface area contributed by atoms with E-state index in [9.17, 15) is 4.79 Å². The zero-order chi connectivity index (χ0) is 14.8. The lowest BCUT2D eigenvalue weighted by Gasteiger charge is -2.33. The molecule has 1 amide bonds. The molecule has 21 heavy (non-hydrogen) atoms. The van der Waals surface area contributed by atoms with Crippen molar-refractivity contribution in [3.8, 4) is 0 Å². The fraction of sp³-hybridized carbons (Fsp3) is 0.938. The summed E-state index contributed by atoms with van der Waals surface area (Å²) < 4.78 is 0. The van der Waals surface area contributed by atoms with Gasteiger partial charge in [-0.25, -0.2) is 0 Å². The quantitative estimate of drug-likeness (QED) is 0.864. The van der Waals surface area contributed by atoms with Crippen molar-refractivity contribution >= 4 is 18.3 Å². The number of nitrogens with zero attached hydrogens (tertiary/aromatic N) is 2. The molecule has 2 fully saturated rings. The van der Waals surface area contributed by atoms with Crippen molar-refractivity contribution in [2.75, 3.05) is 39.3 Å². The summed E-state index contributed by atoms with van der Waals surface area (Å²) in [5, 5.41) is 3.39. The van der Waals surface area contributed by atoms with Gasteiger partial charge >= 0.3 is 0 Å². The molecule has 2 rings (SSSR count). The topological polar surface area (TPSA) is 35.6 Å². The van der Waals surface area contributed by atoms with Gasteiger partial charge in [-0.15, -0.1) is 12.4 Å². The minimum Gasteiger partial charge on any atom is -0.341 e. The van der Waals surface area contributed by atoms with Gasteiger partial charge in [-0.1, -0.05) is 27.7 Å². The average Bonchev–Trinajstić information content (AvgIpc) is 2.88. The van der Waals surface area contributed by atoms with Crippen molar-refractivity contribution in [2.24, 2.45) is 11.3 Å². The van der Waals surface area contributed by atoms with Gasteiger partial charge in [-0.05, 0) is 17.8 Å². The number of likely N-dealkylation sites (tertiary alicyclic amines) is 1.